The second-order valence-electron chi connectivity index (χ2n) is 8.30. The van der Waals surface area contributed by atoms with Crippen LogP contribution in [-0.4, -0.2) is 79.5 Å². The van der Waals surface area contributed by atoms with Crippen LogP contribution in [-0.2, 0) is 13.0 Å². The lowest BCUT2D eigenvalue weighted by atomic mass is 10.0. The van der Waals surface area contributed by atoms with Crippen LogP contribution in [0.1, 0.15) is 27.2 Å². The molecule has 1 fully saturated rings. The Labute approximate surface area is 172 Å². The van der Waals surface area contributed by atoms with Crippen molar-refractivity contribution in [2.75, 3.05) is 63.7 Å². The van der Waals surface area contributed by atoms with Crippen molar-refractivity contribution in [3.8, 4) is 0 Å². The number of likely N-dealkylation sites (N-methyl/N-ethyl adjacent to an activating group) is 1. The summed E-state index contributed by atoms with van der Waals surface area (Å²) in [6.07, 6.45) is 0.761. The molecule has 0 atom stereocenters. The van der Waals surface area contributed by atoms with Gasteiger partial charge in [0.2, 0.25) is 5.95 Å². The normalized spacial score (nSPS) is 17.2. The van der Waals surface area contributed by atoms with E-state index < -0.39 is 0 Å². The summed E-state index contributed by atoms with van der Waals surface area (Å²) >= 11 is 0. The number of fused-ring (bicyclic) bond motifs is 1. The van der Waals surface area contributed by atoms with E-state index in [1.54, 1.807) is 0 Å². The van der Waals surface area contributed by atoms with Crippen molar-refractivity contribution >= 4 is 17.7 Å². The van der Waals surface area contributed by atoms with Gasteiger partial charge in [0, 0.05) is 64.4 Å². The number of carbonyl (C=O) groups excluding carboxylic acids is 1. The van der Waals surface area contributed by atoms with E-state index in [0.29, 0.717) is 13.1 Å². The molecule has 7 nitrogen and oxygen atoms in total. The van der Waals surface area contributed by atoms with Gasteiger partial charge in [0.15, 0.2) is 0 Å². The molecular weight excluding hydrogens is 364 g/mol. The monoisotopic (exact) mass is 394 g/mol. The number of aryl methyl sites for hydroxylation is 1. The molecule has 1 amide bonds. The second-order valence-corrected chi connectivity index (χ2v) is 8.30. The van der Waals surface area contributed by atoms with Crippen LogP contribution in [0.15, 0.2) is 24.3 Å². The molecule has 4 rings (SSSR count). The van der Waals surface area contributed by atoms with Gasteiger partial charge in [-0.15, -0.1) is 0 Å². The molecule has 29 heavy (non-hydrogen) atoms. The number of amides is 1. The fourth-order valence-electron chi connectivity index (χ4n) is 4.04. The maximum absolute atomic E-state index is 13.0. The Kier molecular flexibility index (Phi) is 5.41. The van der Waals surface area contributed by atoms with Gasteiger partial charge in [-0.2, -0.15) is 4.98 Å². The molecule has 2 aliphatic heterocycles. The van der Waals surface area contributed by atoms with Gasteiger partial charge in [0.25, 0.3) is 5.91 Å². The topological polar surface area (TPSA) is 55.8 Å². The average molecular weight is 395 g/mol. The zero-order chi connectivity index (χ0) is 20.5. The number of rotatable bonds is 3. The number of hydrogen-bond acceptors (Lipinski definition) is 6. The predicted octanol–water partition coefficient (Wildman–Crippen LogP) is 1.80. The molecule has 0 radical (unpaired) electrons. The van der Waals surface area contributed by atoms with Crippen molar-refractivity contribution in [3.63, 3.8) is 0 Å². The van der Waals surface area contributed by atoms with Gasteiger partial charge in [-0.05, 0) is 26.1 Å². The van der Waals surface area contributed by atoms with E-state index in [9.17, 15) is 4.79 Å². The number of benzene rings is 1. The van der Waals surface area contributed by atoms with E-state index in [1.165, 1.54) is 0 Å². The average Bonchev–Trinajstić information content (AvgIpc) is 2.72. The number of anilines is 2. The van der Waals surface area contributed by atoms with Crippen LogP contribution in [0, 0.1) is 6.92 Å². The molecule has 7 heteroatoms. The van der Waals surface area contributed by atoms with Crippen molar-refractivity contribution in [2.24, 2.45) is 0 Å². The Hall–Kier alpha value is -2.67. The number of nitrogens with zero attached hydrogens (tertiary/aromatic N) is 6. The molecular formula is C22H30N6O. The maximum Gasteiger partial charge on any atom is 0.254 e. The van der Waals surface area contributed by atoms with Gasteiger partial charge in [-0.1, -0.05) is 17.7 Å². The summed E-state index contributed by atoms with van der Waals surface area (Å²) in [5, 5.41) is 0. The third-order valence-corrected chi connectivity index (χ3v) is 5.79. The van der Waals surface area contributed by atoms with Crippen molar-refractivity contribution in [3.05, 3.63) is 46.6 Å². The van der Waals surface area contributed by atoms with Crippen LogP contribution in [0.25, 0.3) is 0 Å². The molecule has 0 spiro atoms. The Morgan fingerprint density at radius 3 is 2.52 bits per heavy atom. The minimum atomic E-state index is 0.0761. The van der Waals surface area contributed by atoms with Crippen LogP contribution in [0.2, 0.25) is 0 Å². The smallest absolute Gasteiger partial charge is 0.254 e. The third kappa shape index (κ3) is 4.05. The van der Waals surface area contributed by atoms with E-state index in [1.807, 2.05) is 55.1 Å². The van der Waals surface area contributed by atoms with E-state index in [2.05, 4.69) is 16.8 Å². The van der Waals surface area contributed by atoms with E-state index >= 15 is 0 Å². The summed E-state index contributed by atoms with van der Waals surface area (Å²) in [5.41, 5.74) is 3.99. The molecule has 1 aromatic carbocycles. The first-order valence-electron chi connectivity index (χ1n) is 10.3. The highest BCUT2D eigenvalue weighted by Gasteiger charge is 2.28. The van der Waals surface area contributed by atoms with Crippen LogP contribution in [0.4, 0.5) is 11.8 Å². The summed E-state index contributed by atoms with van der Waals surface area (Å²) in [4.78, 5) is 31.4. The molecule has 0 saturated carbocycles. The lowest BCUT2D eigenvalue weighted by Gasteiger charge is -2.35. The van der Waals surface area contributed by atoms with E-state index in [0.717, 1.165) is 66.8 Å². The first-order chi connectivity index (χ1) is 13.9. The SMILES string of the molecule is Cc1cccc(C(=O)N2CCc3nc(N4CCN(C)CC4)nc(N(C)C)c3C2)c1. The molecule has 154 valence electrons. The highest BCUT2D eigenvalue weighted by atomic mass is 16.2. The molecule has 0 N–H and O–H groups in total. The van der Waals surface area contributed by atoms with E-state index in [4.69, 9.17) is 9.97 Å². The molecule has 0 bridgehead atoms. The van der Waals surface area contributed by atoms with Gasteiger partial charge in [0.1, 0.15) is 5.82 Å². The molecule has 2 aromatic rings. The third-order valence-electron chi connectivity index (χ3n) is 5.79. The van der Waals surface area contributed by atoms with Crippen molar-refractivity contribution < 1.29 is 4.79 Å². The largest absolute Gasteiger partial charge is 0.362 e. The maximum atomic E-state index is 13.0. The first-order valence-corrected chi connectivity index (χ1v) is 10.3. The van der Waals surface area contributed by atoms with Gasteiger partial charge >= 0.3 is 0 Å². The first kappa shape index (κ1) is 19.6. The minimum absolute atomic E-state index is 0.0761. The Morgan fingerprint density at radius 2 is 1.83 bits per heavy atom. The Morgan fingerprint density at radius 1 is 1.07 bits per heavy atom. The van der Waals surface area contributed by atoms with Crippen molar-refractivity contribution in [1.82, 2.24) is 19.8 Å². The fourth-order valence-corrected chi connectivity index (χ4v) is 4.04. The predicted molar refractivity (Wildman–Crippen MR) is 116 cm³/mol. The van der Waals surface area contributed by atoms with Crippen LogP contribution >= 0.6 is 0 Å². The summed E-state index contributed by atoms with van der Waals surface area (Å²) in [6.45, 7) is 7.19. The zero-order valence-corrected chi connectivity index (χ0v) is 17.9. The molecule has 2 aliphatic rings. The lowest BCUT2D eigenvalue weighted by Crippen LogP contribution is -2.45. The van der Waals surface area contributed by atoms with Crippen LogP contribution in [0.5, 0.6) is 0 Å². The zero-order valence-electron chi connectivity index (χ0n) is 17.9. The van der Waals surface area contributed by atoms with Gasteiger partial charge in [-0.25, -0.2) is 4.98 Å². The summed E-state index contributed by atoms with van der Waals surface area (Å²) in [5.74, 6) is 1.82. The molecule has 0 unspecified atom stereocenters. The summed E-state index contributed by atoms with van der Waals surface area (Å²) in [7, 11) is 6.17. The van der Waals surface area contributed by atoms with Crippen LogP contribution < -0.4 is 9.80 Å². The minimum Gasteiger partial charge on any atom is -0.362 e. The lowest BCUT2D eigenvalue weighted by molar-refractivity contribution is 0.0733. The van der Waals surface area contributed by atoms with E-state index in [-0.39, 0.29) is 5.91 Å². The number of hydrogen-bond donors (Lipinski definition) is 0. The molecule has 1 saturated heterocycles. The summed E-state index contributed by atoms with van der Waals surface area (Å²) in [6, 6.07) is 7.81. The second kappa shape index (κ2) is 7.99. The Bertz CT molecular complexity index is 904. The Balaban J connectivity index is 1.61. The standard InChI is InChI=1S/C22H30N6O/c1-16-6-5-7-17(14-16)21(29)28-9-8-19-18(15-28)20(25(2)3)24-22(23-19)27-12-10-26(4)11-13-27/h5-7,14H,8-13,15H2,1-4H3. The fraction of sp³-hybridized carbons (Fsp3) is 0.500. The van der Waals surface area contributed by atoms with Gasteiger partial charge < -0.3 is 19.6 Å². The molecule has 3 heterocycles. The van der Waals surface area contributed by atoms with Crippen molar-refractivity contribution in [2.45, 2.75) is 19.9 Å². The van der Waals surface area contributed by atoms with Crippen LogP contribution in [0.3, 0.4) is 0 Å². The molecule has 1 aromatic heterocycles. The van der Waals surface area contributed by atoms with Gasteiger partial charge in [0.05, 0.1) is 12.2 Å². The number of aromatic nitrogens is 2. The highest BCUT2D eigenvalue weighted by Crippen LogP contribution is 2.29. The highest BCUT2D eigenvalue weighted by molar-refractivity contribution is 5.94. The summed E-state index contributed by atoms with van der Waals surface area (Å²) < 4.78 is 0. The van der Waals surface area contributed by atoms with Crippen molar-refractivity contribution in [1.29, 1.82) is 0 Å². The number of piperazine rings is 1. The number of carbonyl (C=O) groups is 1. The van der Waals surface area contributed by atoms with Gasteiger partial charge in [-0.3, -0.25) is 4.79 Å². The quantitative estimate of drug-likeness (QED) is 0.791. The molecule has 0 aliphatic carbocycles.